The van der Waals surface area contributed by atoms with Gasteiger partial charge in [0.05, 0.1) is 22.9 Å². The van der Waals surface area contributed by atoms with Gasteiger partial charge in [-0.3, -0.25) is 4.79 Å². The molecular formula is C19H19FN2O2S. The van der Waals surface area contributed by atoms with Crippen molar-refractivity contribution in [2.24, 2.45) is 0 Å². The zero-order chi connectivity index (χ0) is 17.2. The van der Waals surface area contributed by atoms with Crippen molar-refractivity contribution in [2.75, 3.05) is 13.2 Å². The van der Waals surface area contributed by atoms with Crippen LogP contribution >= 0.6 is 11.3 Å². The molecule has 0 unspecified atom stereocenters. The SMILES string of the molecule is O=C(NC[C@H]1CCCO1)c1cc2sccc2n1Cc1ccccc1F. The molecule has 0 saturated carbocycles. The summed E-state index contributed by atoms with van der Waals surface area (Å²) < 4.78 is 22.5. The number of nitrogens with one attached hydrogen (secondary N) is 1. The molecule has 1 N–H and O–H groups in total. The van der Waals surface area contributed by atoms with Crippen LogP contribution in [0.2, 0.25) is 0 Å². The molecule has 4 rings (SSSR count). The Bertz CT molecular complexity index is 896. The number of nitrogens with zero attached hydrogens (tertiary/aromatic N) is 1. The van der Waals surface area contributed by atoms with Gasteiger partial charge >= 0.3 is 0 Å². The molecule has 1 amide bonds. The van der Waals surface area contributed by atoms with Crippen LogP contribution in [0.3, 0.4) is 0 Å². The van der Waals surface area contributed by atoms with Gasteiger partial charge in [-0.25, -0.2) is 4.39 Å². The molecule has 2 aromatic heterocycles. The minimum atomic E-state index is -0.259. The molecule has 130 valence electrons. The van der Waals surface area contributed by atoms with E-state index in [0.717, 1.165) is 29.7 Å². The Kier molecular flexibility index (Phi) is 4.55. The van der Waals surface area contributed by atoms with Crippen molar-refractivity contribution in [2.45, 2.75) is 25.5 Å². The van der Waals surface area contributed by atoms with Gasteiger partial charge in [0, 0.05) is 18.7 Å². The first-order valence-corrected chi connectivity index (χ1v) is 9.30. The number of benzene rings is 1. The average Bonchev–Trinajstić information content (AvgIpc) is 3.33. The lowest BCUT2D eigenvalue weighted by Crippen LogP contribution is -2.33. The maximum Gasteiger partial charge on any atom is 0.268 e. The lowest BCUT2D eigenvalue weighted by molar-refractivity contribution is 0.0851. The van der Waals surface area contributed by atoms with Gasteiger partial charge in [-0.15, -0.1) is 11.3 Å². The van der Waals surface area contributed by atoms with E-state index in [1.165, 1.54) is 6.07 Å². The first-order valence-electron chi connectivity index (χ1n) is 8.42. The van der Waals surface area contributed by atoms with E-state index in [4.69, 9.17) is 4.74 Å². The van der Waals surface area contributed by atoms with Gasteiger partial charge in [-0.1, -0.05) is 18.2 Å². The quantitative estimate of drug-likeness (QED) is 0.754. The number of aromatic nitrogens is 1. The van der Waals surface area contributed by atoms with E-state index in [9.17, 15) is 9.18 Å². The van der Waals surface area contributed by atoms with Gasteiger partial charge in [0.25, 0.3) is 5.91 Å². The molecule has 0 bridgehead atoms. The summed E-state index contributed by atoms with van der Waals surface area (Å²) in [6.45, 7) is 1.60. The Labute approximate surface area is 149 Å². The Balaban J connectivity index is 1.60. The van der Waals surface area contributed by atoms with Crippen LogP contribution in [0.1, 0.15) is 28.9 Å². The fourth-order valence-corrected chi connectivity index (χ4v) is 4.06. The lowest BCUT2D eigenvalue weighted by atomic mass is 10.2. The molecule has 0 aliphatic carbocycles. The Hall–Kier alpha value is -2.18. The standard InChI is InChI=1S/C19H19FN2O2S/c20-15-6-2-1-4-13(15)12-22-16-7-9-25-18(16)10-17(22)19(23)21-11-14-5-3-8-24-14/h1-2,4,6-7,9-10,14H,3,5,8,11-12H2,(H,21,23)/t14-/m1/s1. The maximum atomic E-state index is 14.1. The van der Waals surface area contributed by atoms with Crippen molar-refractivity contribution in [3.05, 3.63) is 58.9 Å². The van der Waals surface area contributed by atoms with Crippen LogP contribution in [-0.2, 0) is 11.3 Å². The van der Waals surface area contributed by atoms with Crippen molar-refractivity contribution in [3.63, 3.8) is 0 Å². The lowest BCUT2D eigenvalue weighted by Gasteiger charge is -2.13. The molecule has 1 saturated heterocycles. The third-order valence-corrected chi connectivity index (χ3v) is 5.41. The number of thiophene rings is 1. The first kappa shape index (κ1) is 16.3. The fourth-order valence-electron chi connectivity index (χ4n) is 3.23. The van der Waals surface area contributed by atoms with Gasteiger partial charge in [0.1, 0.15) is 11.5 Å². The summed E-state index contributed by atoms with van der Waals surface area (Å²) >= 11 is 1.58. The summed E-state index contributed by atoms with van der Waals surface area (Å²) in [5, 5.41) is 4.94. The predicted octanol–water partition coefficient (Wildman–Crippen LogP) is 3.80. The number of carbonyl (C=O) groups is 1. The van der Waals surface area contributed by atoms with Crippen LogP contribution in [0.25, 0.3) is 10.2 Å². The normalized spacial score (nSPS) is 17.2. The molecule has 1 fully saturated rings. The van der Waals surface area contributed by atoms with Crippen LogP contribution in [0.4, 0.5) is 4.39 Å². The van der Waals surface area contributed by atoms with Gasteiger partial charge < -0.3 is 14.6 Å². The highest BCUT2D eigenvalue weighted by Crippen LogP contribution is 2.27. The summed E-state index contributed by atoms with van der Waals surface area (Å²) in [7, 11) is 0. The first-order chi connectivity index (χ1) is 12.2. The van der Waals surface area contributed by atoms with E-state index in [2.05, 4.69) is 5.32 Å². The second-order valence-electron chi connectivity index (χ2n) is 6.22. The second kappa shape index (κ2) is 6.98. The summed E-state index contributed by atoms with van der Waals surface area (Å²) in [6.07, 6.45) is 2.12. The molecule has 6 heteroatoms. The third-order valence-electron chi connectivity index (χ3n) is 4.56. The van der Waals surface area contributed by atoms with E-state index in [1.807, 2.05) is 28.1 Å². The van der Waals surface area contributed by atoms with Crippen LogP contribution in [0.15, 0.2) is 41.8 Å². The second-order valence-corrected chi connectivity index (χ2v) is 7.17. The zero-order valence-electron chi connectivity index (χ0n) is 13.7. The van der Waals surface area contributed by atoms with Crippen LogP contribution in [0.5, 0.6) is 0 Å². The molecule has 1 aromatic carbocycles. The Morgan fingerprint density at radius 3 is 3.04 bits per heavy atom. The number of fused-ring (bicyclic) bond motifs is 1. The van der Waals surface area contributed by atoms with Crippen molar-refractivity contribution >= 4 is 27.5 Å². The van der Waals surface area contributed by atoms with E-state index < -0.39 is 0 Å². The number of ether oxygens (including phenoxy) is 1. The molecule has 4 nitrogen and oxygen atoms in total. The smallest absolute Gasteiger partial charge is 0.268 e. The van der Waals surface area contributed by atoms with Crippen LogP contribution < -0.4 is 5.32 Å². The molecule has 25 heavy (non-hydrogen) atoms. The Morgan fingerprint density at radius 2 is 2.24 bits per heavy atom. The monoisotopic (exact) mass is 358 g/mol. The number of carbonyl (C=O) groups excluding carboxylic acids is 1. The van der Waals surface area contributed by atoms with Crippen LogP contribution in [-0.4, -0.2) is 29.7 Å². The molecule has 0 spiro atoms. The van der Waals surface area contributed by atoms with Crippen molar-refractivity contribution in [1.82, 2.24) is 9.88 Å². The van der Waals surface area contributed by atoms with Crippen molar-refractivity contribution < 1.29 is 13.9 Å². The van der Waals surface area contributed by atoms with E-state index in [-0.39, 0.29) is 17.8 Å². The molecule has 3 heterocycles. The third kappa shape index (κ3) is 3.32. The van der Waals surface area contributed by atoms with E-state index >= 15 is 0 Å². The summed E-state index contributed by atoms with van der Waals surface area (Å²) in [6, 6.07) is 10.5. The molecule has 1 aliphatic rings. The minimum absolute atomic E-state index is 0.0973. The number of hydrogen-bond acceptors (Lipinski definition) is 3. The van der Waals surface area contributed by atoms with Crippen molar-refractivity contribution in [1.29, 1.82) is 0 Å². The summed E-state index contributed by atoms with van der Waals surface area (Å²) in [5.41, 5.74) is 2.08. The highest BCUT2D eigenvalue weighted by atomic mass is 32.1. The molecule has 1 atom stereocenters. The zero-order valence-corrected chi connectivity index (χ0v) is 14.5. The predicted molar refractivity (Wildman–Crippen MR) is 96.6 cm³/mol. The number of amides is 1. The van der Waals surface area contributed by atoms with Gasteiger partial charge in [0.15, 0.2) is 0 Å². The molecule has 0 radical (unpaired) electrons. The largest absolute Gasteiger partial charge is 0.376 e. The molecular weight excluding hydrogens is 339 g/mol. The average molecular weight is 358 g/mol. The fraction of sp³-hybridized carbons (Fsp3) is 0.316. The van der Waals surface area contributed by atoms with E-state index in [1.54, 1.807) is 23.5 Å². The number of hydrogen-bond donors (Lipinski definition) is 1. The van der Waals surface area contributed by atoms with Gasteiger partial charge in [-0.2, -0.15) is 0 Å². The van der Waals surface area contributed by atoms with Gasteiger partial charge in [-0.05, 0) is 36.4 Å². The highest BCUT2D eigenvalue weighted by molar-refractivity contribution is 7.17. The maximum absolute atomic E-state index is 14.1. The topological polar surface area (TPSA) is 43.3 Å². The highest BCUT2D eigenvalue weighted by Gasteiger charge is 2.20. The number of halogens is 1. The summed E-state index contributed by atoms with van der Waals surface area (Å²) in [4.78, 5) is 12.7. The number of rotatable bonds is 5. The Morgan fingerprint density at radius 1 is 1.36 bits per heavy atom. The van der Waals surface area contributed by atoms with Gasteiger partial charge in [0.2, 0.25) is 0 Å². The minimum Gasteiger partial charge on any atom is -0.376 e. The van der Waals surface area contributed by atoms with E-state index in [0.29, 0.717) is 24.3 Å². The van der Waals surface area contributed by atoms with Crippen LogP contribution in [0, 0.1) is 5.82 Å². The summed E-state index contributed by atoms with van der Waals surface area (Å²) in [5.74, 6) is -0.402. The molecule has 1 aliphatic heterocycles. The molecule has 3 aromatic rings. The van der Waals surface area contributed by atoms with Crippen molar-refractivity contribution in [3.8, 4) is 0 Å².